The number of likely N-dealkylation sites (tertiary alicyclic amines) is 1. The Labute approximate surface area is 188 Å². The summed E-state index contributed by atoms with van der Waals surface area (Å²) in [6, 6.07) is 0. The number of hydrogen-bond acceptors (Lipinski definition) is 8. The normalized spacial score (nSPS) is 18.7. The average Bonchev–Trinajstić information content (AvgIpc) is 2.96. The average molecular weight is 446 g/mol. The zero-order valence-corrected chi connectivity index (χ0v) is 19.2. The van der Waals surface area contributed by atoms with Gasteiger partial charge in [-0.1, -0.05) is 0 Å². The number of ether oxygens (including phenoxy) is 3. The summed E-state index contributed by atoms with van der Waals surface area (Å²) in [6.07, 6.45) is 10.2. The van der Waals surface area contributed by atoms with E-state index in [1.54, 1.807) is 19.4 Å². The van der Waals surface area contributed by atoms with Gasteiger partial charge in [-0.2, -0.15) is 4.98 Å². The van der Waals surface area contributed by atoms with Crippen molar-refractivity contribution in [1.82, 2.24) is 14.9 Å². The van der Waals surface area contributed by atoms with Gasteiger partial charge in [-0.25, -0.2) is 9.37 Å². The van der Waals surface area contributed by atoms with E-state index in [1.165, 1.54) is 19.5 Å². The van der Waals surface area contributed by atoms with Crippen LogP contribution < -0.4 is 15.4 Å². The van der Waals surface area contributed by atoms with Crippen molar-refractivity contribution in [1.29, 1.82) is 0 Å². The van der Waals surface area contributed by atoms with E-state index in [4.69, 9.17) is 14.2 Å². The molecular weight excluding hydrogens is 413 g/mol. The van der Waals surface area contributed by atoms with E-state index in [9.17, 15) is 4.39 Å². The number of fused-ring (bicyclic) bond motifs is 1. The topological polar surface area (TPSA) is 80.8 Å². The van der Waals surface area contributed by atoms with Crippen molar-refractivity contribution in [2.24, 2.45) is 5.92 Å². The molecule has 2 aliphatic heterocycles. The maximum Gasteiger partial charge on any atom is 0.248 e. The van der Waals surface area contributed by atoms with E-state index in [0.29, 0.717) is 42.2 Å². The lowest BCUT2D eigenvalue weighted by molar-refractivity contribution is 0.133. The minimum atomic E-state index is -0.366. The second kappa shape index (κ2) is 11.5. The largest absolute Gasteiger partial charge is 0.501 e. The molecule has 0 amide bonds. The van der Waals surface area contributed by atoms with Crippen LogP contribution in [-0.2, 0) is 9.47 Å². The van der Waals surface area contributed by atoms with Crippen LogP contribution in [0.3, 0.4) is 0 Å². The molecule has 1 aromatic heterocycles. The molecule has 3 rings (SSSR count). The molecule has 9 heteroatoms. The number of anilines is 2. The Morgan fingerprint density at radius 2 is 2.12 bits per heavy atom. The molecule has 8 nitrogen and oxygen atoms in total. The summed E-state index contributed by atoms with van der Waals surface area (Å²) >= 11 is 0. The highest BCUT2D eigenvalue weighted by Gasteiger charge is 2.20. The van der Waals surface area contributed by atoms with Crippen LogP contribution in [0.1, 0.15) is 26.7 Å². The highest BCUT2D eigenvalue weighted by molar-refractivity contribution is 5.72. The monoisotopic (exact) mass is 445 g/mol. The predicted octanol–water partition coefficient (Wildman–Crippen LogP) is 4.20. The number of nitrogens with one attached hydrogen (secondary N) is 2. The lowest BCUT2D eigenvalue weighted by Gasteiger charge is -2.28. The second-order valence-corrected chi connectivity index (χ2v) is 7.96. The third-order valence-electron chi connectivity index (χ3n) is 5.38. The molecule has 1 fully saturated rings. The Hall–Kier alpha value is -3.07. The fourth-order valence-corrected chi connectivity index (χ4v) is 3.42. The van der Waals surface area contributed by atoms with Gasteiger partial charge in [0.05, 0.1) is 25.7 Å². The predicted molar refractivity (Wildman–Crippen MR) is 123 cm³/mol. The van der Waals surface area contributed by atoms with Crippen LogP contribution >= 0.6 is 0 Å². The maximum atomic E-state index is 13.2. The number of rotatable bonds is 8. The van der Waals surface area contributed by atoms with Crippen LogP contribution in [0.4, 0.5) is 15.9 Å². The van der Waals surface area contributed by atoms with Crippen LogP contribution in [0, 0.1) is 5.92 Å². The van der Waals surface area contributed by atoms with E-state index in [0.717, 1.165) is 37.3 Å². The van der Waals surface area contributed by atoms with E-state index >= 15 is 0 Å². The van der Waals surface area contributed by atoms with Crippen molar-refractivity contribution in [2.75, 3.05) is 51.0 Å². The summed E-state index contributed by atoms with van der Waals surface area (Å²) < 4.78 is 30.4. The number of halogens is 1. The van der Waals surface area contributed by atoms with Crippen molar-refractivity contribution in [3.05, 3.63) is 53.9 Å². The molecule has 3 heterocycles. The van der Waals surface area contributed by atoms with E-state index in [-0.39, 0.29) is 5.83 Å². The van der Waals surface area contributed by atoms with Crippen LogP contribution in [0.15, 0.2) is 53.9 Å². The molecule has 0 atom stereocenters. The molecular formula is C23H32FN5O3. The SMILES string of the molecule is CO/C(C)=C/C1=C(/C=C/OCC2CCN(C)CC2)Oc2ncnc(N/C=C(/C)F)c2NC1. The first-order chi connectivity index (χ1) is 15.5. The van der Waals surface area contributed by atoms with Gasteiger partial charge < -0.3 is 29.7 Å². The Kier molecular flexibility index (Phi) is 8.49. The van der Waals surface area contributed by atoms with Crippen LogP contribution in [0.5, 0.6) is 5.88 Å². The lowest BCUT2D eigenvalue weighted by Crippen LogP contribution is -2.31. The molecule has 0 radical (unpaired) electrons. The maximum absolute atomic E-state index is 13.2. The van der Waals surface area contributed by atoms with Crippen molar-refractivity contribution in [2.45, 2.75) is 26.7 Å². The van der Waals surface area contributed by atoms with Gasteiger partial charge in [0, 0.05) is 24.4 Å². The molecule has 0 bridgehead atoms. The highest BCUT2D eigenvalue weighted by Crippen LogP contribution is 2.33. The standard InChI is InChI=1S/C23H32FN5O3/c1-16(24)12-26-22-21-23(28-15-27-22)32-20(19(13-25-21)11-17(2)30-4)7-10-31-14-18-5-8-29(3)9-6-18/h7,10-12,15,18,25H,5-6,8-9,13-14H2,1-4H3,(H,26,27,28)/b10-7+,16-12-,17-11+. The molecule has 0 unspecified atom stereocenters. The molecule has 32 heavy (non-hydrogen) atoms. The minimum absolute atomic E-state index is 0.334. The van der Waals surface area contributed by atoms with Crippen molar-refractivity contribution in [3.8, 4) is 5.88 Å². The zero-order chi connectivity index (χ0) is 22.9. The minimum Gasteiger partial charge on any atom is -0.501 e. The molecule has 1 saturated heterocycles. The first-order valence-electron chi connectivity index (χ1n) is 10.7. The number of hydrogen-bond donors (Lipinski definition) is 2. The summed E-state index contributed by atoms with van der Waals surface area (Å²) in [5, 5.41) is 6.11. The van der Waals surface area contributed by atoms with Gasteiger partial charge in [0.25, 0.3) is 0 Å². The Morgan fingerprint density at radius 1 is 1.34 bits per heavy atom. The molecule has 2 aliphatic rings. The molecule has 0 aliphatic carbocycles. The number of piperidine rings is 1. The van der Waals surface area contributed by atoms with Gasteiger partial charge in [0.15, 0.2) is 5.82 Å². The van der Waals surface area contributed by atoms with Gasteiger partial charge in [-0.15, -0.1) is 0 Å². The van der Waals surface area contributed by atoms with Gasteiger partial charge in [-0.05, 0) is 58.8 Å². The van der Waals surface area contributed by atoms with Crippen LogP contribution in [0.2, 0.25) is 0 Å². The molecule has 0 spiro atoms. The highest BCUT2D eigenvalue weighted by atomic mass is 19.1. The number of allylic oxidation sites excluding steroid dienone is 3. The van der Waals surface area contributed by atoms with Gasteiger partial charge in [0.2, 0.25) is 5.88 Å². The summed E-state index contributed by atoms with van der Waals surface area (Å²) in [6.45, 7) is 6.54. The van der Waals surface area contributed by atoms with Crippen molar-refractivity contribution in [3.63, 3.8) is 0 Å². The first-order valence-corrected chi connectivity index (χ1v) is 10.7. The Morgan fingerprint density at radius 3 is 2.84 bits per heavy atom. The lowest BCUT2D eigenvalue weighted by atomic mass is 9.98. The van der Waals surface area contributed by atoms with Crippen molar-refractivity contribution >= 4 is 11.5 Å². The Balaban J connectivity index is 1.77. The van der Waals surface area contributed by atoms with Crippen LogP contribution in [-0.4, -0.2) is 55.3 Å². The fraction of sp³-hybridized carbons (Fsp3) is 0.478. The Bertz CT molecular complexity index is 901. The summed E-state index contributed by atoms with van der Waals surface area (Å²) in [5.41, 5.74) is 1.39. The molecule has 174 valence electrons. The zero-order valence-electron chi connectivity index (χ0n) is 19.2. The molecule has 0 aromatic carbocycles. The number of aromatic nitrogens is 2. The van der Waals surface area contributed by atoms with Crippen molar-refractivity contribution < 1.29 is 18.6 Å². The summed E-state index contributed by atoms with van der Waals surface area (Å²) in [4.78, 5) is 10.8. The number of nitrogens with zero attached hydrogens (tertiary/aromatic N) is 3. The molecule has 0 saturated carbocycles. The summed E-state index contributed by atoms with van der Waals surface area (Å²) in [7, 11) is 3.76. The third kappa shape index (κ3) is 6.71. The first kappa shape index (κ1) is 23.6. The van der Waals surface area contributed by atoms with Gasteiger partial charge in [-0.3, -0.25) is 0 Å². The van der Waals surface area contributed by atoms with Gasteiger partial charge in [0.1, 0.15) is 23.6 Å². The summed E-state index contributed by atoms with van der Waals surface area (Å²) in [5.74, 6) is 2.26. The molecule has 2 N–H and O–H groups in total. The van der Waals surface area contributed by atoms with E-state index in [2.05, 4.69) is 32.5 Å². The molecule has 1 aromatic rings. The van der Waals surface area contributed by atoms with Gasteiger partial charge >= 0.3 is 0 Å². The number of methoxy groups -OCH3 is 1. The van der Waals surface area contributed by atoms with Crippen LogP contribution in [0.25, 0.3) is 0 Å². The fourth-order valence-electron chi connectivity index (χ4n) is 3.42. The third-order valence-corrected chi connectivity index (χ3v) is 5.38. The van der Waals surface area contributed by atoms with E-state index < -0.39 is 0 Å². The van der Waals surface area contributed by atoms with E-state index in [1.807, 2.05) is 13.0 Å². The smallest absolute Gasteiger partial charge is 0.248 e. The second-order valence-electron chi connectivity index (χ2n) is 7.96. The quantitative estimate of drug-likeness (QED) is 0.577.